The van der Waals surface area contributed by atoms with Crippen molar-refractivity contribution in [1.82, 2.24) is 16.0 Å². The number of carbonyl (C=O) groups excluding carboxylic acids is 3. The van der Waals surface area contributed by atoms with Crippen molar-refractivity contribution in [1.29, 1.82) is 0 Å². The van der Waals surface area contributed by atoms with Crippen LogP contribution >= 0.6 is 0 Å². The van der Waals surface area contributed by atoms with Gasteiger partial charge in [-0.2, -0.15) is 0 Å². The monoisotopic (exact) mass is 537 g/mol. The van der Waals surface area contributed by atoms with E-state index in [4.69, 9.17) is 27.4 Å². The molecule has 0 bridgehead atoms. The number of aliphatic carboxylic acids is 2. The van der Waals surface area contributed by atoms with Crippen LogP contribution in [-0.4, -0.2) is 88.3 Å². The molecule has 0 aromatic heterocycles. The first-order valence-electron chi connectivity index (χ1n) is 11.8. The summed E-state index contributed by atoms with van der Waals surface area (Å²) in [6.07, 6.45) is -0.272. The van der Waals surface area contributed by atoms with Crippen LogP contribution in [0.1, 0.15) is 31.2 Å². The van der Waals surface area contributed by atoms with E-state index in [1.54, 1.807) is 30.3 Å². The van der Waals surface area contributed by atoms with Gasteiger partial charge in [-0.1, -0.05) is 30.3 Å². The van der Waals surface area contributed by atoms with Gasteiger partial charge in [0.2, 0.25) is 17.7 Å². The summed E-state index contributed by atoms with van der Waals surface area (Å²) in [5.74, 6) is -5.20. The lowest BCUT2D eigenvalue weighted by atomic mass is 10.0. The number of aliphatic hydroxyl groups excluding tert-OH is 1. The van der Waals surface area contributed by atoms with Gasteiger partial charge in [-0.15, -0.1) is 0 Å². The van der Waals surface area contributed by atoms with Gasteiger partial charge in [-0.3, -0.25) is 24.2 Å². The van der Waals surface area contributed by atoms with Crippen LogP contribution in [0, 0.1) is 0 Å². The van der Waals surface area contributed by atoms with Crippen LogP contribution in [0.5, 0.6) is 0 Å². The lowest BCUT2D eigenvalue weighted by Gasteiger charge is -2.25. The van der Waals surface area contributed by atoms with Crippen molar-refractivity contribution < 1.29 is 39.3 Å². The Bertz CT molecular complexity index is 985. The van der Waals surface area contributed by atoms with Crippen molar-refractivity contribution in [3.63, 3.8) is 0 Å². The predicted octanol–water partition coefficient (Wildman–Crippen LogP) is -2.99. The van der Waals surface area contributed by atoms with Gasteiger partial charge >= 0.3 is 11.9 Å². The first kappa shape index (κ1) is 31.8. The van der Waals surface area contributed by atoms with Gasteiger partial charge in [0.1, 0.15) is 18.1 Å². The van der Waals surface area contributed by atoms with Crippen molar-refractivity contribution in [2.45, 2.75) is 56.3 Å². The third-order valence-electron chi connectivity index (χ3n) is 5.30. The average Bonchev–Trinajstić information content (AvgIpc) is 2.86. The smallest absolute Gasteiger partial charge is 0.328 e. The van der Waals surface area contributed by atoms with E-state index in [-0.39, 0.29) is 44.6 Å². The average molecular weight is 538 g/mol. The Kier molecular flexibility index (Phi) is 13.8. The third kappa shape index (κ3) is 12.1. The van der Waals surface area contributed by atoms with Crippen LogP contribution in [0.4, 0.5) is 0 Å². The fraction of sp³-hybridized carbons (Fsp3) is 0.478. The summed E-state index contributed by atoms with van der Waals surface area (Å²) in [4.78, 5) is 64.5. The minimum Gasteiger partial charge on any atom is -0.481 e. The zero-order valence-electron chi connectivity index (χ0n) is 20.7. The molecule has 0 aliphatic carbocycles. The predicted molar refractivity (Wildman–Crippen MR) is 135 cm³/mol. The van der Waals surface area contributed by atoms with E-state index in [0.717, 1.165) is 0 Å². The number of carbonyl (C=O) groups is 5. The Labute approximate surface area is 218 Å². The number of guanidine groups is 1. The van der Waals surface area contributed by atoms with Crippen LogP contribution in [-0.2, 0) is 30.4 Å². The Morgan fingerprint density at radius 1 is 0.842 bits per heavy atom. The number of nitrogens with two attached hydrogens (primary N) is 3. The van der Waals surface area contributed by atoms with Crippen molar-refractivity contribution in [3.05, 3.63) is 35.9 Å². The molecule has 4 unspecified atom stereocenters. The maximum Gasteiger partial charge on any atom is 0.328 e. The summed E-state index contributed by atoms with van der Waals surface area (Å²) < 4.78 is 0. The molecule has 0 heterocycles. The van der Waals surface area contributed by atoms with Crippen LogP contribution in [0.2, 0.25) is 0 Å². The molecule has 0 fully saturated rings. The number of hydrogen-bond acceptors (Lipinski definition) is 8. The standard InChI is InChI=1S/C23H35N7O8/c24-14(8-9-18(32)33)19(34)29-16(11-13-5-2-1-3-6-13)21(36)28-15(7-4-10-27-23(25)26)20(35)30-17(12-31)22(37)38/h1-3,5-6,14-17,31H,4,7-12,24H2,(H,28,36)(H,29,34)(H,30,35)(H,32,33)(H,37,38)(H4,25,26,27). The van der Waals surface area contributed by atoms with Gasteiger partial charge in [0.25, 0.3) is 0 Å². The van der Waals surface area contributed by atoms with Gasteiger partial charge in [0.15, 0.2) is 5.96 Å². The van der Waals surface area contributed by atoms with E-state index < -0.39 is 60.4 Å². The van der Waals surface area contributed by atoms with Crippen LogP contribution < -0.4 is 33.2 Å². The minimum atomic E-state index is -1.60. The van der Waals surface area contributed by atoms with Crippen molar-refractivity contribution >= 4 is 35.6 Å². The number of nitrogens with one attached hydrogen (secondary N) is 3. The number of amides is 3. The SMILES string of the molecule is NC(N)=NCCCC(NC(=O)C(Cc1ccccc1)NC(=O)C(N)CCC(=O)O)C(=O)NC(CO)C(=O)O. The molecule has 210 valence electrons. The van der Waals surface area contributed by atoms with E-state index >= 15 is 0 Å². The van der Waals surface area contributed by atoms with Gasteiger partial charge < -0.3 is 48.5 Å². The van der Waals surface area contributed by atoms with Crippen LogP contribution in [0.25, 0.3) is 0 Å². The maximum absolute atomic E-state index is 13.2. The Morgan fingerprint density at radius 3 is 1.97 bits per heavy atom. The fourth-order valence-corrected chi connectivity index (χ4v) is 3.25. The summed E-state index contributed by atoms with van der Waals surface area (Å²) in [6.45, 7) is -0.760. The van der Waals surface area contributed by atoms with Gasteiger partial charge in [-0.25, -0.2) is 4.79 Å². The summed E-state index contributed by atoms with van der Waals surface area (Å²) >= 11 is 0. The second kappa shape index (κ2) is 16.5. The molecule has 1 aromatic rings. The normalized spacial score (nSPS) is 13.7. The quantitative estimate of drug-likeness (QED) is 0.0548. The molecule has 0 aliphatic rings. The number of rotatable bonds is 17. The second-order valence-corrected chi connectivity index (χ2v) is 8.38. The number of aliphatic imine (C=N–C) groups is 1. The number of aliphatic hydroxyl groups is 1. The largest absolute Gasteiger partial charge is 0.481 e. The minimum absolute atomic E-state index is 0.00372. The van der Waals surface area contributed by atoms with Gasteiger partial charge in [0, 0.05) is 19.4 Å². The molecule has 0 aliphatic heterocycles. The van der Waals surface area contributed by atoms with E-state index in [1.165, 1.54) is 0 Å². The van der Waals surface area contributed by atoms with E-state index in [1.807, 2.05) is 0 Å². The second-order valence-electron chi connectivity index (χ2n) is 8.38. The highest BCUT2D eigenvalue weighted by Gasteiger charge is 2.30. The van der Waals surface area contributed by atoms with Gasteiger partial charge in [-0.05, 0) is 24.8 Å². The van der Waals surface area contributed by atoms with E-state index in [0.29, 0.717) is 5.56 Å². The number of carboxylic acid groups (broad SMARTS) is 2. The molecule has 0 saturated heterocycles. The van der Waals surface area contributed by atoms with Crippen molar-refractivity contribution in [2.24, 2.45) is 22.2 Å². The molecule has 3 amide bonds. The summed E-state index contributed by atoms with van der Waals surface area (Å²) in [5, 5.41) is 34.4. The lowest BCUT2D eigenvalue weighted by Crippen LogP contribution is -2.58. The number of benzene rings is 1. The Morgan fingerprint density at radius 2 is 1.42 bits per heavy atom. The summed E-state index contributed by atoms with van der Waals surface area (Å²) in [5.41, 5.74) is 17.0. The van der Waals surface area contributed by atoms with E-state index in [2.05, 4.69) is 20.9 Å². The number of hydrogen-bond donors (Lipinski definition) is 9. The Balaban J connectivity index is 3.10. The molecule has 38 heavy (non-hydrogen) atoms. The van der Waals surface area contributed by atoms with Gasteiger partial charge in [0.05, 0.1) is 12.6 Å². The molecule has 4 atom stereocenters. The third-order valence-corrected chi connectivity index (χ3v) is 5.30. The molecular weight excluding hydrogens is 502 g/mol. The topological polar surface area (TPSA) is 273 Å². The molecule has 0 spiro atoms. The molecule has 1 aromatic carbocycles. The number of nitrogens with zero attached hydrogens (tertiary/aromatic N) is 1. The first-order chi connectivity index (χ1) is 17.9. The van der Waals surface area contributed by atoms with Crippen LogP contribution in [0.15, 0.2) is 35.3 Å². The van der Waals surface area contributed by atoms with Crippen molar-refractivity contribution in [2.75, 3.05) is 13.2 Å². The summed E-state index contributed by atoms with van der Waals surface area (Å²) in [7, 11) is 0. The highest BCUT2D eigenvalue weighted by atomic mass is 16.4. The molecule has 15 nitrogen and oxygen atoms in total. The highest BCUT2D eigenvalue weighted by Crippen LogP contribution is 2.07. The maximum atomic E-state index is 13.2. The zero-order chi connectivity index (χ0) is 28.7. The zero-order valence-corrected chi connectivity index (χ0v) is 20.7. The molecule has 12 N–H and O–H groups in total. The first-order valence-corrected chi connectivity index (χ1v) is 11.8. The molecule has 1 rings (SSSR count). The molecule has 0 saturated carbocycles. The molecule has 0 radical (unpaired) electrons. The lowest BCUT2D eigenvalue weighted by molar-refractivity contribution is -0.143. The Hall–Kier alpha value is -4.24. The molecular formula is C23H35N7O8. The molecule has 15 heteroatoms. The van der Waals surface area contributed by atoms with E-state index in [9.17, 15) is 29.1 Å². The van der Waals surface area contributed by atoms with Crippen molar-refractivity contribution in [3.8, 4) is 0 Å². The van der Waals surface area contributed by atoms with Crippen LogP contribution in [0.3, 0.4) is 0 Å². The highest BCUT2D eigenvalue weighted by molar-refractivity contribution is 5.94. The number of carboxylic acids is 2. The summed E-state index contributed by atoms with van der Waals surface area (Å²) in [6, 6.07) is 3.38. The fourth-order valence-electron chi connectivity index (χ4n) is 3.25.